The molecule has 0 bridgehead atoms. The summed E-state index contributed by atoms with van der Waals surface area (Å²) in [6, 6.07) is 16.3. The van der Waals surface area contributed by atoms with E-state index in [9.17, 15) is 14.4 Å². The first-order valence-electron chi connectivity index (χ1n) is 13.3. The highest BCUT2D eigenvalue weighted by Gasteiger charge is 2.72. The van der Waals surface area contributed by atoms with E-state index in [1.54, 1.807) is 49.6 Å². The van der Waals surface area contributed by atoms with Crippen LogP contribution in [-0.4, -0.2) is 43.7 Å². The number of ether oxygens (including phenoxy) is 2. The zero-order valence-corrected chi connectivity index (χ0v) is 23.8. The third-order valence-corrected chi connectivity index (χ3v) is 8.78. The molecule has 0 unspecified atom stereocenters. The largest absolute Gasteiger partial charge is 0.493 e. The van der Waals surface area contributed by atoms with E-state index in [4.69, 9.17) is 21.1 Å². The summed E-state index contributed by atoms with van der Waals surface area (Å²) in [5.74, 6) is -0.435. The third kappa shape index (κ3) is 3.45. The molecule has 2 aliphatic heterocycles. The van der Waals surface area contributed by atoms with Gasteiger partial charge in [-0.2, -0.15) is 0 Å². The second kappa shape index (κ2) is 9.07. The molecule has 6 nitrogen and oxygen atoms in total. The van der Waals surface area contributed by atoms with Crippen molar-refractivity contribution in [1.29, 1.82) is 0 Å². The number of hydrogen-bond acceptors (Lipinski definition) is 6. The van der Waals surface area contributed by atoms with Crippen LogP contribution in [0.15, 0.2) is 66.7 Å². The highest BCUT2D eigenvalue weighted by Crippen LogP contribution is 2.61. The zero-order chi connectivity index (χ0) is 28.6. The molecule has 3 aromatic rings. The normalized spacial score (nSPS) is 22.2. The Hall–Kier alpha value is -3.90. The monoisotopic (exact) mass is 555 g/mol. The van der Waals surface area contributed by atoms with Gasteiger partial charge in [-0.3, -0.25) is 14.4 Å². The predicted molar refractivity (Wildman–Crippen MR) is 155 cm³/mol. The fourth-order valence-corrected chi connectivity index (χ4v) is 6.99. The molecule has 6 rings (SSSR count). The maximum absolute atomic E-state index is 14.7. The fraction of sp³-hybridized carbons (Fsp3) is 0.303. The fourth-order valence-electron chi connectivity index (χ4n) is 6.81. The van der Waals surface area contributed by atoms with Crippen molar-refractivity contribution in [3.63, 3.8) is 0 Å². The van der Waals surface area contributed by atoms with Crippen molar-refractivity contribution in [2.75, 3.05) is 19.1 Å². The van der Waals surface area contributed by atoms with Crippen LogP contribution >= 0.6 is 11.6 Å². The van der Waals surface area contributed by atoms with Gasteiger partial charge in [0, 0.05) is 33.2 Å². The Labute approximate surface area is 238 Å². The van der Waals surface area contributed by atoms with Crippen molar-refractivity contribution < 1.29 is 23.9 Å². The summed E-state index contributed by atoms with van der Waals surface area (Å²) in [4.78, 5) is 45.8. The summed E-state index contributed by atoms with van der Waals surface area (Å²) in [6.45, 7) is 5.61. The SMILES string of the molecule is COc1ccc([C@H]2[C@H](C(=O)C(C)(C)C)N3c4ccc(Cl)cc4C=C[C@@H]3C23C(=O)c2ccccc2C3=O)cc1OC. The standard InChI is InChI=1S/C33H30ClNO5/c1-32(2,3)31(38)28-27(19-10-14-24(39-4)25(17-19)40-5)33(29(36)21-8-6-7-9-22(21)30(33)37)26-15-11-18-16-20(34)12-13-23(18)35(26)28/h6-17,26-28H,1-5H3/t26-,27+,28-/m1/s1. The van der Waals surface area contributed by atoms with E-state index < -0.39 is 28.8 Å². The number of fused-ring (bicyclic) bond motifs is 5. The lowest BCUT2D eigenvalue weighted by molar-refractivity contribution is -0.127. The molecule has 3 aliphatic rings. The Morgan fingerprint density at radius 3 is 2.15 bits per heavy atom. The summed E-state index contributed by atoms with van der Waals surface area (Å²) in [6.07, 6.45) is 3.80. The molecule has 1 saturated heterocycles. The van der Waals surface area contributed by atoms with E-state index in [1.807, 2.05) is 56.0 Å². The van der Waals surface area contributed by atoms with Crippen LogP contribution in [0.25, 0.3) is 6.08 Å². The van der Waals surface area contributed by atoms with Gasteiger partial charge >= 0.3 is 0 Å². The second-order valence-corrected chi connectivity index (χ2v) is 12.1. The van der Waals surface area contributed by atoms with Crippen LogP contribution in [-0.2, 0) is 4.79 Å². The lowest BCUT2D eigenvalue weighted by Crippen LogP contribution is -2.49. The van der Waals surface area contributed by atoms with Gasteiger partial charge in [-0.25, -0.2) is 0 Å². The number of Topliss-reactive ketones (excluding diaryl/α,β-unsaturated/α-hetero) is 3. The number of nitrogens with zero attached hydrogens (tertiary/aromatic N) is 1. The Kier molecular flexibility index (Phi) is 5.97. The third-order valence-electron chi connectivity index (χ3n) is 8.54. The number of methoxy groups -OCH3 is 2. The minimum Gasteiger partial charge on any atom is -0.493 e. The topological polar surface area (TPSA) is 72.9 Å². The number of hydrogen-bond donors (Lipinski definition) is 0. The highest BCUT2D eigenvalue weighted by molar-refractivity contribution is 6.32. The summed E-state index contributed by atoms with van der Waals surface area (Å²) in [5, 5.41) is 0.561. The van der Waals surface area contributed by atoms with Crippen LogP contribution in [0.4, 0.5) is 5.69 Å². The number of carbonyl (C=O) groups is 3. The van der Waals surface area contributed by atoms with Gasteiger partial charge in [0.25, 0.3) is 0 Å². The van der Waals surface area contributed by atoms with Crippen molar-refractivity contribution in [3.8, 4) is 11.5 Å². The molecule has 204 valence electrons. The van der Waals surface area contributed by atoms with Crippen LogP contribution in [0.2, 0.25) is 5.02 Å². The van der Waals surface area contributed by atoms with Crippen molar-refractivity contribution in [2.24, 2.45) is 10.8 Å². The van der Waals surface area contributed by atoms with E-state index in [1.165, 1.54) is 7.11 Å². The molecule has 0 N–H and O–H groups in total. The minimum absolute atomic E-state index is 0.0677. The van der Waals surface area contributed by atoms with Crippen LogP contribution in [0.1, 0.15) is 58.5 Å². The first-order chi connectivity index (χ1) is 19.0. The van der Waals surface area contributed by atoms with Crippen molar-refractivity contribution >= 4 is 40.7 Å². The Morgan fingerprint density at radius 1 is 0.900 bits per heavy atom. The lowest BCUT2D eigenvalue weighted by atomic mass is 9.63. The highest BCUT2D eigenvalue weighted by atomic mass is 35.5. The molecule has 2 heterocycles. The van der Waals surface area contributed by atoms with Gasteiger partial charge in [-0.1, -0.05) is 74.9 Å². The summed E-state index contributed by atoms with van der Waals surface area (Å²) in [7, 11) is 3.09. The number of carbonyl (C=O) groups excluding carboxylic acids is 3. The minimum atomic E-state index is -1.57. The van der Waals surface area contributed by atoms with Gasteiger partial charge in [-0.05, 0) is 41.5 Å². The van der Waals surface area contributed by atoms with Crippen molar-refractivity contribution in [2.45, 2.75) is 38.8 Å². The van der Waals surface area contributed by atoms with E-state index in [-0.39, 0.29) is 17.3 Å². The van der Waals surface area contributed by atoms with Gasteiger partial charge in [0.2, 0.25) is 0 Å². The van der Waals surface area contributed by atoms with Crippen LogP contribution < -0.4 is 14.4 Å². The number of anilines is 1. The average molecular weight is 556 g/mol. The van der Waals surface area contributed by atoms with Gasteiger partial charge < -0.3 is 14.4 Å². The number of benzene rings is 3. The second-order valence-electron chi connectivity index (χ2n) is 11.6. The molecule has 0 amide bonds. The van der Waals surface area contributed by atoms with Gasteiger partial charge in [0.1, 0.15) is 5.41 Å². The van der Waals surface area contributed by atoms with Crippen molar-refractivity contribution in [1.82, 2.24) is 0 Å². The van der Waals surface area contributed by atoms with E-state index in [0.29, 0.717) is 33.2 Å². The van der Waals surface area contributed by atoms with Crippen LogP contribution in [0.5, 0.6) is 11.5 Å². The Balaban J connectivity index is 1.70. The van der Waals surface area contributed by atoms with E-state index >= 15 is 0 Å². The molecule has 1 fully saturated rings. The molecule has 40 heavy (non-hydrogen) atoms. The molecule has 7 heteroatoms. The molecular formula is C33H30ClNO5. The molecule has 3 atom stereocenters. The smallest absolute Gasteiger partial charge is 0.180 e. The predicted octanol–water partition coefficient (Wildman–Crippen LogP) is 6.41. The molecule has 1 aliphatic carbocycles. The Bertz CT molecular complexity index is 1580. The molecule has 0 aromatic heterocycles. The molecular weight excluding hydrogens is 526 g/mol. The van der Waals surface area contributed by atoms with Crippen molar-refractivity contribution in [3.05, 3.63) is 94.0 Å². The number of rotatable bonds is 4. The Morgan fingerprint density at radius 2 is 1.55 bits per heavy atom. The molecule has 3 aromatic carbocycles. The zero-order valence-electron chi connectivity index (χ0n) is 23.0. The molecule has 1 spiro atoms. The van der Waals surface area contributed by atoms with E-state index in [0.717, 1.165) is 11.3 Å². The number of ketones is 3. The summed E-state index contributed by atoms with van der Waals surface area (Å²) >= 11 is 6.35. The van der Waals surface area contributed by atoms with Gasteiger partial charge in [-0.15, -0.1) is 0 Å². The average Bonchev–Trinajstić information content (AvgIpc) is 3.37. The van der Waals surface area contributed by atoms with Gasteiger partial charge in [0.05, 0.1) is 26.3 Å². The van der Waals surface area contributed by atoms with E-state index in [2.05, 4.69) is 0 Å². The maximum Gasteiger partial charge on any atom is 0.180 e. The quantitative estimate of drug-likeness (QED) is 0.347. The molecule has 0 radical (unpaired) electrons. The summed E-state index contributed by atoms with van der Waals surface area (Å²) in [5.41, 5.74) is 0.693. The first kappa shape index (κ1) is 26.3. The van der Waals surface area contributed by atoms with Crippen LogP contribution in [0, 0.1) is 10.8 Å². The first-order valence-corrected chi connectivity index (χ1v) is 13.6. The van der Waals surface area contributed by atoms with Gasteiger partial charge in [0.15, 0.2) is 28.8 Å². The maximum atomic E-state index is 14.7. The summed E-state index contributed by atoms with van der Waals surface area (Å²) < 4.78 is 11.1. The van der Waals surface area contributed by atoms with Crippen LogP contribution in [0.3, 0.4) is 0 Å². The number of halogens is 1. The lowest BCUT2D eigenvalue weighted by Gasteiger charge is -2.38. The molecule has 0 saturated carbocycles.